The van der Waals surface area contributed by atoms with E-state index in [9.17, 15) is 0 Å². The van der Waals surface area contributed by atoms with Crippen LogP contribution in [0.15, 0.2) is 12.3 Å². The van der Waals surface area contributed by atoms with Crippen LogP contribution in [0.2, 0.25) is 0 Å². The van der Waals surface area contributed by atoms with Gasteiger partial charge in [0.2, 0.25) is 0 Å². The van der Waals surface area contributed by atoms with Crippen molar-refractivity contribution >= 4 is 0 Å². The van der Waals surface area contributed by atoms with Crippen molar-refractivity contribution in [1.29, 1.82) is 0 Å². The van der Waals surface area contributed by atoms with E-state index in [1.165, 1.54) is 19.4 Å². The maximum Gasteiger partial charge on any atom is 0.0490 e. The summed E-state index contributed by atoms with van der Waals surface area (Å²) in [5, 5.41) is 10.2. The van der Waals surface area contributed by atoms with Gasteiger partial charge in [-0.3, -0.25) is 5.10 Å². The molecule has 0 spiro atoms. The summed E-state index contributed by atoms with van der Waals surface area (Å²) in [5.74, 6) is 0. The molecule has 1 rings (SSSR count). The van der Waals surface area contributed by atoms with Gasteiger partial charge in [-0.05, 0) is 52.9 Å². The molecule has 0 aliphatic carbocycles. The molecular weight excluding hydrogens is 200 g/mol. The first kappa shape index (κ1) is 13.2. The quantitative estimate of drug-likeness (QED) is 0.660. The summed E-state index contributed by atoms with van der Waals surface area (Å²) in [6.07, 6.45) is 4.27. The molecule has 0 fully saturated rings. The van der Waals surface area contributed by atoms with Crippen LogP contribution in [-0.2, 0) is 6.54 Å². The number of aromatic amines is 1. The summed E-state index contributed by atoms with van der Waals surface area (Å²) in [7, 11) is 2.18. The van der Waals surface area contributed by atoms with Crippen molar-refractivity contribution in [3.63, 3.8) is 0 Å². The lowest BCUT2D eigenvalue weighted by Gasteiger charge is -2.20. The number of rotatable bonds is 8. The van der Waals surface area contributed by atoms with Crippen molar-refractivity contribution in [2.24, 2.45) is 0 Å². The molecule has 0 aliphatic rings. The minimum absolute atomic E-state index is 0.651. The van der Waals surface area contributed by atoms with Gasteiger partial charge in [0.25, 0.3) is 0 Å². The Labute approximate surface area is 98.4 Å². The largest absolute Gasteiger partial charge is 0.311 e. The number of nitrogens with one attached hydrogen (secondary N) is 2. The molecule has 0 radical (unpaired) electrons. The van der Waals surface area contributed by atoms with Crippen molar-refractivity contribution in [2.75, 3.05) is 20.1 Å². The summed E-state index contributed by atoms with van der Waals surface area (Å²) in [5.41, 5.74) is 1.15. The molecule has 92 valence electrons. The Hall–Kier alpha value is -0.870. The van der Waals surface area contributed by atoms with Gasteiger partial charge in [0.15, 0.2) is 0 Å². The molecule has 1 aromatic rings. The fraction of sp³-hybridized carbons (Fsp3) is 0.750. The first-order valence-electron chi connectivity index (χ1n) is 6.09. The molecule has 0 unspecified atom stereocenters. The predicted octanol–water partition coefficient (Wildman–Crippen LogP) is 1.62. The molecule has 0 amide bonds. The average molecular weight is 224 g/mol. The SMILES string of the molecule is CC(C)N(C)CCCCNCc1ccn[nH]1. The van der Waals surface area contributed by atoms with E-state index in [0.717, 1.165) is 18.8 Å². The molecule has 1 aromatic heterocycles. The normalized spacial score (nSPS) is 11.6. The van der Waals surface area contributed by atoms with Gasteiger partial charge in [-0.15, -0.1) is 0 Å². The smallest absolute Gasteiger partial charge is 0.0490 e. The molecule has 16 heavy (non-hydrogen) atoms. The molecule has 0 aromatic carbocycles. The van der Waals surface area contributed by atoms with Crippen molar-refractivity contribution in [1.82, 2.24) is 20.4 Å². The van der Waals surface area contributed by atoms with Crippen LogP contribution in [-0.4, -0.2) is 41.3 Å². The Balaban J connectivity index is 1.92. The predicted molar refractivity (Wildman–Crippen MR) is 67.3 cm³/mol. The first-order chi connectivity index (χ1) is 7.70. The molecule has 0 saturated carbocycles. The van der Waals surface area contributed by atoms with Crippen molar-refractivity contribution < 1.29 is 0 Å². The lowest BCUT2D eigenvalue weighted by atomic mass is 10.2. The topological polar surface area (TPSA) is 44.0 Å². The summed E-state index contributed by atoms with van der Waals surface area (Å²) in [4.78, 5) is 2.38. The second-order valence-corrected chi connectivity index (χ2v) is 4.54. The molecule has 0 aliphatic heterocycles. The Morgan fingerprint density at radius 3 is 2.88 bits per heavy atom. The summed E-state index contributed by atoms with van der Waals surface area (Å²) in [6, 6.07) is 2.65. The lowest BCUT2D eigenvalue weighted by Crippen LogP contribution is -2.27. The van der Waals surface area contributed by atoms with Gasteiger partial charge in [0.1, 0.15) is 0 Å². The maximum atomic E-state index is 3.91. The number of nitrogens with zero attached hydrogens (tertiary/aromatic N) is 2. The first-order valence-corrected chi connectivity index (χ1v) is 6.09. The standard InChI is InChI=1S/C12H24N4/c1-11(2)16(3)9-5-4-7-13-10-12-6-8-14-15-12/h6,8,11,13H,4-5,7,9-10H2,1-3H3,(H,14,15). The fourth-order valence-electron chi connectivity index (χ4n) is 1.48. The van der Waals surface area contributed by atoms with E-state index in [1.807, 2.05) is 6.07 Å². The van der Waals surface area contributed by atoms with Gasteiger partial charge >= 0.3 is 0 Å². The second-order valence-electron chi connectivity index (χ2n) is 4.54. The van der Waals surface area contributed by atoms with E-state index >= 15 is 0 Å². The van der Waals surface area contributed by atoms with Crippen LogP contribution < -0.4 is 5.32 Å². The van der Waals surface area contributed by atoms with Crippen LogP contribution in [0.5, 0.6) is 0 Å². The Bertz CT molecular complexity index is 256. The van der Waals surface area contributed by atoms with Gasteiger partial charge in [0.05, 0.1) is 0 Å². The summed E-state index contributed by atoms with van der Waals surface area (Å²) >= 11 is 0. The van der Waals surface area contributed by atoms with Crippen molar-refractivity contribution in [3.8, 4) is 0 Å². The highest BCUT2D eigenvalue weighted by atomic mass is 15.1. The van der Waals surface area contributed by atoms with Crippen LogP contribution >= 0.6 is 0 Å². The molecule has 0 bridgehead atoms. The van der Waals surface area contributed by atoms with Crippen LogP contribution in [0.1, 0.15) is 32.4 Å². The Kier molecular flexibility index (Phi) is 6.11. The highest BCUT2D eigenvalue weighted by Gasteiger charge is 2.01. The summed E-state index contributed by atoms with van der Waals surface area (Å²) in [6.45, 7) is 7.61. The molecule has 0 saturated heterocycles. The number of unbranched alkanes of at least 4 members (excludes halogenated alkanes) is 1. The molecule has 1 heterocycles. The van der Waals surface area contributed by atoms with E-state index in [1.54, 1.807) is 6.20 Å². The van der Waals surface area contributed by atoms with Crippen LogP contribution in [0.25, 0.3) is 0 Å². The number of H-pyrrole nitrogens is 1. The number of hydrogen-bond donors (Lipinski definition) is 2. The van der Waals surface area contributed by atoms with Gasteiger partial charge in [-0.25, -0.2) is 0 Å². The highest BCUT2D eigenvalue weighted by molar-refractivity contribution is 4.96. The van der Waals surface area contributed by atoms with Gasteiger partial charge in [-0.2, -0.15) is 5.10 Å². The van der Waals surface area contributed by atoms with Crippen molar-refractivity contribution in [2.45, 2.75) is 39.3 Å². The van der Waals surface area contributed by atoms with Crippen LogP contribution in [0.4, 0.5) is 0 Å². The number of aromatic nitrogens is 2. The average Bonchev–Trinajstić information content (AvgIpc) is 2.75. The second kappa shape index (κ2) is 7.41. The molecular formula is C12H24N4. The zero-order valence-electron chi connectivity index (χ0n) is 10.7. The molecule has 4 heteroatoms. The lowest BCUT2D eigenvalue weighted by molar-refractivity contribution is 0.268. The minimum atomic E-state index is 0.651. The summed E-state index contributed by atoms with van der Waals surface area (Å²) < 4.78 is 0. The zero-order valence-corrected chi connectivity index (χ0v) is 10.7. The van der Waals surface area contributed by atoms with E-state index in [0.29, 0.717) is 6.04 Å². The van der Waals surface area contributed by atoms with E-state index in [-0.39, 0.29) is 0 Å². The third kappa shape index (κ3) is 5.28. The fourth-order valence-corrected chi connectivity index (χ4v) is 1.48. The van der Waals surface area contributed by atoms with E-state index in [2.05, 4.69) is 41.3 Å². The monoisotopic (exact) mass is 224 g/mol. The highest BCUT2D eigenvalue weighted by Crippen LogP contribution is 1.97. The minimum Gasteiger partial charge on any atom is -0.311 e. The Morgan fingerprint density at radius 1 is 1.44 bits per heavy atom. The zero-order chi connectivity index (χ0) is 11.8. The molecule has 0 atom stereocenters. The third-order valence-electron chi connectivity index (χ3n) is 2.87. The van der Waals surface area contributed by atoms with E-state index in [4.69, 9.17) is 0 Å². The van der Waals surface area contributed by atoms with E-state index < -0.39 is 0 Å². The molecule has 2 N–H and O–H groups in total. The van der Waals surface area contributed by atoms with Crippen LogP contribution in [0.3, 0.4) is 0 Å². The van der Waals surface area contributed by atoms with Gasteiger partial charge in [-0.1, -0.05) is 0 Å². The molecule has 4 nitrogen and oxygen atoms in total. The van der Waals surface area contributed by atoms with Gasteiger partial charge in [0, 0.05) is 24.5 Å². The van der Waals surface area contributed by atoms with Crippen molar-refractivity contribution in [3.05, 3.63) is 18.0 Å². The maximum absolute atomic E-state index is 3.91. The number of hydrogen-bond acceptors (Lipinski definition) is 3. The third-order valence-corrected chi connectivity index (χ3v) is 2.87. The Morgan fingerprint density at radius 2 is 2.25 bits per heavy atom. The van der Waals surface area contributed by atoms with Crippen LogP contribution in [0, 0.1) is 0 Å². The van der Waals surface area contributed by atoms with Gasteiger partial charge < -0.3 is 10.2 Å².